The summed E-state index contributed by atoms with van der Waals surface area (Å²) in [5, 5.41) is 0. The average molecular weight is 361 g/mol. The zero-order valence-electron chi connectivity index (χ0n) is 14.7. The van der Waals surface area contributed by atoms with E-state index in [-0.39, 0.29) is 11.8 Å². The Kier molecular flexibility index (Phi) is 5.01. The molecule has 134 valence electrons. The molecule has 0 aromatic heterocycles. The van der Waals surface area contributed by atoms with Gasteiger partial charge in [-0.25, -0.2) is 13.1 Å². The first-order chi connectivity index (χ1) is 11.9. The molecule has 1 atom stereocenters. The molecule has 0 spiro atoms. The number of methoxy groups -OCH3 is 2. The lowest BCUT2D eigenvalue weighted by Gasteiger charge is -2.17. The minimum atomic E-state index is -3.44. The highest BCUT2D eigenvalue weighted by Gasteiger charge is 2.28. The highest BCUT2D eigenvalue weighted by molar-refractivity contribution is 7.88. The van der Waals surface area contributed by atoms with Crippen molar-refractivity contribution in [2.75, 3.05) is 14.2 Å². The number of benzene rings is 2. The van der Waals surface area contributed by atoms with E-state index in [1.165, 1.54) is 0 Å². The fourth-order valence-electron chi connectivity index (χ4n) is 3.29. The number of sulfonamides is 1. The van der Waals surface area contributed by atoms with Crippen molar-refractivity contribution < 1.29 is 17.9 Å². The zero-order chi connectivity index (χ0) is 18.0. The lowest BCUT2D eigenvalue weighted by Crippen LogP contribution is -2.28. The first-order valence-corrected chi connectivity index (χ1v) is 9.88. The van der Waals surface area contributed by atoms with Crippen LogP contribution in [0.25, 0.3) is 0 Å². The molecule has 5 nitrogen and oxygen atoms in total. The summed E-state index contributed by atoms with van der Waals surface area (Å²) in [6.45, 7) is 1.92. The fourth-order valence-corrected chi connectivity index (χ4v) is 4.79. The van der Waals surface area contributed by atoms with Crippen molar-refractivity contribution in [1.29, 1.82) is 0 Å². The Morgan fingerprint density at radius 3 is 2.48 bits per heavy atom. The summed E-state index contributed by atoms with van der Waals surface area (Å²) in [5.74, 6) is 1.27. The van der Waals surface area contributed by atoms with Gasteiger partial charge in [-0.2, -0.15) is 0 Å². The first-order valence-electron chi connectivity index (χ1n) is 8.23. The van der Waals surface area contributed by atoms with E-state index in [1.54, 1.807) is 14.2 Å². The third kappa shape index (κ3) is 3.80. The Morgan fingerprint density at radius 2 is 1.80 bits per heavy atom. The summed E-state index contributed by atoms with van der Waals surface area (Å²) >= 11 is 0. The molecule has 1 aliphatic rings. The molecule has 3 rings (SSSR count). The predicted molar refractivity (Wildman–Crippen MR) is 97.5 cm³/mol. The lowest BCUT2D eigenvalue weighted by molar-refractivity contribution is 0.354. The van der Waals surface area contributed by atoms with Gasteiger partial charge in [-0.05, 0) is 54.2 Å². The van der Waals surface area contributed by atoms with Gasteiger partial charge < -0.3 is 9.47 Å². The van der Waals surface area contributed by atoms with Crippen LogP contribution in [0.2, 0.25) is 0 Å². The molecule has 0 saturated heterocycles. The second kappa shape index (κ2) is 7.06. The van der Waals surface area contributed by atoms with Gasteiger partial charge in [-0.3, -0.25) is 0 Å². The smallest absolute Gasteiger partial charge is 0.216 e. The van der Waals surface area contributed by atoms with Crippen LogP contribution >= 0.6 is 0 Å². The van der Waals surface area contributed by atoms with Crippen LogP contribution in [-0.4, -0.2) is 22.6 Å². The molecule has 1 N–H and O–H groups in total. The van der Waals surface area contributed by atoms with Crippen molar-refractivity contribution in [3.63, 3.8) is 0 Å². The summed E-state index contributed by atoms with van der Waals surface area (Å²) in [6.07, 6.45) is 1.55. The Morgan fingerprint density at radius 1 is 1.12 bits per heavy atom. The van der Waals surface area contributed by atoms with Crippen molar-refractivity contribution in [2.45, 2.75) is 31.6 Å². The normalized spacial score (nSPS) is 16.5. The maximum absolute atomic E-state index is 12.6. The van der Waals surface area contributed by atoms with Gasteiger partial charge in [0, 0.05) is 6.04 Å². The third-order valence-electron chi connectivity index (χ3n) is 4.65. The Balaban J connectivity index is 1.82. The summed E-state index contributed by atoms with van der Waals surface area (Å²) in [6, 6.07) is 11.1. The van der Waals surface area contributed by atoms with Crippen molar-refractivity contribution >= 4 is 10.0 Å². The van der Waals surface area contributed by atoms with Gasteiger partial charge in [-0.1, -0.05) is 24.3 Å². The molecule has 2 aromatic carbocycles. The molecule has 1 unspecified atom stereocenters. The number of hydrogen-bond acceptors (Lipinski definition) is 4. The largest absolute Gasteiger partial charge is 0.493 e. The molecular weight excluding hydrogens is 338 g/mol. The van der Waals surface area contributed by atoms with Crippen LogP contribution in [0.4, 0.5) is 0 Å². The standard InChI is InChI=1S/C19H23NO4S/c1-13-6-4-5-7-15(13)12-25(21,22)20-17-9-8-14-10-18(23-2)19(24-3)11-16(14)17/h4-7,10-11,17,20H,8-9,12H2,1-3H3. The predicted octanol–water partition coefficient (Wildman–Crippen LogP) is 3.12. The number of nitrogens with one attached hydrogen (secondary N) is 1. The van der Waals surface area contributed by atoms with Crippen LogP contribution in [0, 0.1) is 6.92 Å². The van der Waals surface area contributed by atoms with Gasteiger partial charge in [0.15, 0.2) is 11.5 Å². The molecular formula is C19H23NO4S. The van der Waals surface area contributed by atoms with E-state index in [0.29, 0.717) is 11.5 Å². The molecule has 0 heterocycles. The van der Waals surface area contributed by atoms with Crippen molar-refractivity contribution in [1.82, 2.24) is 4.72 Å². The van der Waals surface area contributed by atoms with Gasteiger partial charge in [0.05, 0.1) is 20.0 Å². The molecule has 0 amide bonds. The molecule has 6 heteroatoms. The molecule has 0 saturated carbocycles. The molecule has 0 aliphatic heterocycles. The number of aryl methyl sites for hydroxylation is 2. The second-order valence-corrected chi connectivity index (χ2v) is 8.05. The highest BCUT2D eigenvalue weighted by atomic mass is 32.2. The van der Waals surface area contributed by atoms with Gasteiger partial charge in [0.1, 0.15) is 0 Å². The summed E-state index contributed by atoms with van der Waals surface area (Å²) in [4.78, 5) is 0. The molecule has 2 aromatic rings. The second-order valence-electron chi connectivity index (χ2n) is 6.30. The third-order valence-corrected chi connectivity index (χ3v) is 5.99. The van der Waals surface area contributed by atoms with E-state index in [9.17, 15) is 8.42 Å². The summed E-state index contributed by atoms with van der Waals surface area (Å²) < 4.78 is 38.8. The van der Waals surface area contributed by atoms with Gasteiger partial charge >= 0.3 is 0 Å². The van der Waals surface area contributed by atoms with Crippen LogP contribution in [0.3, 0.4) is 0 Å². The van der Waals surface area contributed by atoms with Gasteiger partial charge in [0.2, 0.25) is 10.0 Å². The maximum Gasteiger partial charge on any atom is 0.216 e. The van der Waals surface area contributed by atoms with Crippen molar-refractivity contribution in [3.05, 3.63) is 58.7 Å². The summed E-state index contributed by atoms with van der Waals surface area (Å²) in [7, 11) is -0.262. The van der Waals surface area contributed by atoms with Gasteiger partial charge in [0.25, 0.3) is 0 Å². The van der Waals surface area contributed by atoms with E-state index in [4.69, 9.17) is 9.47 Å². The Labute approximate surface area is 149 Å². The Hall–Kier alpha value is -2.05. The van der Waals surface area contributed by atoms with E-state index in [2.05, 4.69) is 4.72 Å². The number of hydrogen-bond donors (Lipinski definition) is 1. The fraction of sp³-hybridized carbons (Fsp3) is 0.368. The molecule has 0 radical (unpaired) electrons. The quantitative estimate of drug-likeness (QED) is 0.859. The number of rotatable bonds is 6. The minimum absolute atomic E-state index is 0.0151. The van der Waals surface area contributed by atoms with Crippen molar-refractivity contribution in [3.8, 4) is 11.5 Å². The SMILES string of the molecule is COc1cc2c(cc1OC)C(NS(=O)(=O)Cc1ccccc1C)CC2. The van der Waals surface area contributed by atoms with Crippen LogP contribution in [0.1, 0.15) is 34.7 Å². The molecule has 25 heavy (non-hydrogen) atoms. The lowest BCUT2D eigenvalue weighted by atomic mass is 10.1. The number of ether oxygens (including phenoxy) is 2. The topological polar surface area (TPSA) is 64.6 Å². The minimum Gasteiger partial charge on any atom is -0.493 e. The first kappa shape index (κ1) is 17.8. The maximum atomic E-state index is 12.6. The highest BCUT2D eigenvalue weighted by Crippen LogP contribution is 2.39. The van der Waals surface area contributed by atoms with Crippen LogP contribution in [0.5, 0.6) is 11.5 Å². The summed E-state index contributed by atoms with van der Waals surface area (Å²) in [5.41, 5.74) is 3.86. The Bertz CT molecular complexity index is 877. The van der Waals surface area contributed by atoms with Crippen molar-refractivity contribution in [2.24, 2.45) is 0 Å². The average Bonchev–Trinajstić information content (AvgIpc) is 2.96. The van der Waals surface area contributed by atoms with Crippen LogP contribution in [0.15, 0.2) is 36.4 Å². The number of fused-ring (bicyclic) bond motifs is 1. The van der Waals surface area contributed by atoms with E-state index < -0.39 is 10.0 Å². The molecule has 0 fully saturated rings. The monoisotopic (exact) mass is 361 g/mol. The zero-order valence-corrected chi connectivity index (χ0v) is 15.5. The van der Waals surface area contributed by atoms with E-state index in [1.807, 2.05) is 43.3 Å². The van der Waals surface area contributed by atoms with Gasteiger partial charge in [-0.15, -0.1) is 0 Å². The van der Waals surface area contributed by atoms with Crippen LogP contribution < -0.4 is 14.2 Å². The van der Waals surface area contributed by atoms with E-state index >= 15 is 0 Å². The van der Waals surface area contributed by atoms with Crippen LogP contribution in [-0.2, 0) is 22.2 Å². The molecule has 1 aliphatic carbocycles. The van der Waals surface area contributed by atoms with E-state index in [0.717, 1.165) is 35.1 Å². The molecule has 0 bridgehead atoms.